The zero-order valence-electron chi connectivity index (χ0n) is 14.5. The Bertz CT molecular complexity index is 652. The zero-order chi connectivity index (χ0) is 17.7. The van der Waals surface area contributed by atoms with E-state index in [2.05, 4.69) is 5.32 Å². The predicted octanol–water partition coefficient (Wildman–Crippen LogP) is -0.199. The van der Waals surface area contributed by atoms with E-state index < -0.39 is 10.0 Å². The molecule has 0 spiro atoms. The van der Waals surface area contributed by atoms with Crippen molar-refractivity contribution in [1.29, 1.82) is 0 Å². The summed E-state index contributed by atoms with van der Waals surface area (Å²) in [6.07, 6.45) is 0. The van der Waals surface area contributed by atoms with Gasteiger partial charge in [-0.2, -0.15) is 0 Å². The van der Waals surface area contributed by atoms with Crippen molar-refractivity contribution in [2.45, 2.75) is 11.4 Å². The number of likely N-dealkylation sites (N-methyl/N-ethyl adjacent to an activating group) is 1. The minimum atomic E-state index is -3.40. The number of nitrogens with zero attached hydrogens (tertiary/aromatic N) is 3. The van der Waals surface area contributed by atoms with Crippen molar-refractivity contribution in [2.24, 2.45) is 0 Å². The number of nitrogens with one attached hydrogen (secondary N) is 1. The fourth-order valence-corrected chi connectivity index (χ4v) is 3.49. The van der Waals surface area contributed by atoms with Gasteiger partial charge in [0, 0.05) is 46.8 Å². The highest BCUT2D eigenvalue weighted by Gasteiger charge is 2.19. The van der Waals surface area contributed by atoms with Crippen LogP contribution in [0.15, 0.2) is 29.2 Å². The molecular weight excluding hydrogens is 328 g/mol. The maximum atomic E-state index is 12.2. The van der Waals surface area contributed by atoms with Crippen LogP contribution in [0, 0.1) is 0 Å². The van der Waals surface area contributed by atoms with Crippen molar-refractivity contribution in [3.8, 4) is 0 Å². The summed E-state index contributed by atoms with van der Waals surface area (Å²) < 4.78 is 25.3. The van der Waals surface area contributed by atoms with Gasteiger partial charge in [-0.25, -0.2) is 12.7 Å². The number of amides is 1. The topological polar surface area (TPSA) is 73.0 Å². The lowest BCUT2D eigenvalue weighted by atomic mass is 10.2. The van der Waals surface area contributed by atoms with Crippen LogP contribution in [-0.4, -0.2) is 82.3 Å². The van der Waals surface area contributed by atoms with Gasteiger partial charge in [-0.05, 0) is 24.7 Å². The molecule has 1 heterocycles. The monoisotopic (exact) mass is 354 g/mol. The average molecular weight is 354 g/mol. The van der Waals surface area contributed by atoms with Crippen LogP contribution in [0.4, 0.5) is 0 Å². The van der Waals surface area contributed by atoms with Gasteiger partial charge in [0.25, 0.3) is 0 Å². The van der Waals surface area contributed by atoms with E-state index in [0.717, 1.165) is 31.7 Å². The van der Waals surface area contributed by atoms with E-state index in [-0.39, 0.29) is 10.8 Å². The SMILES string of the molecule is CN(CC(=O)N1CCNCC1)Cc1ccc(S(=O)(=O)N(C)C)cc1. The molecule has 1 aromatic carbocycles. The van der Waals surface area contributed by atoms with Crippen LogP contribution in [-0.2, 0) is 21.4 Å². The highest BCUT2D eigenvalue weighted by molar-refractivity contribution is 7.89. The summed E-state index contributed by atoms with van der Waals surface area (Å²) in [7, 11) is 1.52. The third kappa shape index (κ3) is 4.76. The molecule has 1 N–H and O–H groups in total. The van der Waals surface area contributed by atoms with Crippen molar-refractivity contribution >= 4 is 15.9 Å². The number of rotatable bonds is 6. The lowest BCUT2D eigenvalue weighted by molar-refractivity contribution is -0.132. The number of carbonyl (C=O) groups is 1. The molecule has 7 nitrogen and oxygen atoms in total. The van der Waals surface area contributed by atoms with Gasteiger partial charge in [0.1, 0.15) is 0 Å². The fraction of sp³-hybridized carbons (Fsp3) is 0.562. The molecule has 0 aliphatic carbocycles. The summed E-state index contributed by atoms with van der Waals surface area (Å²) in [5.74, 6) is 0.130. The van der Waals surface area contributed by atoms with Crippen LogP contribution < -0.4 is 5.32 Å². The molecule has 0 radical (unpaired) electrons. The maximum absolute atomic E-state index is 12.2. The number of piperazine rings is 1. The zero-order valence-corrected chi connectivity index (χ0v) is 15.3. The van der Waals surface area contributed by atoms with E-state index in [1.54, 1.807) is 24.3 Å². The largest absolute Gasteiger partial charge is 0.339 e. The number of hydrogen-bond acceptors (Lipinski definition) is 5. The molecule has 0 aromatic heterocycles. The van der Waals surface area contributed by atoms with Gasteiger partial charge in [0.05, 0.1) is 11.4 Å². The Kier molecular flexibility index (Phi) is 6.34. The second-order valence-corrected chi connectivity index (χ2v) is 8.39. The minimum absolute atomic E-state index is 0.130. The first-order valence-corrected chi connectivity index (χ1v) is 9.43. The molecule has 24 heavy (non-hydrogen) atoms. The molecule has 1 amide bonds. The third-order valence-corrected chi connectivity index (χ3v) is 5.86. The normalized spacial score (nSPS) is 16.0. The van der Waals surface area contributed by atoms with Gasteiger partial charge in [-0.15, -0.1) is 0 Å². The van der Waals surface area contributed by atoms with Gasteiger partial charge < -0.3 is 10.2 Å². The van der Waals surface area contributed by atoms with Gasteiger partial charge >= 0.3 is 0 Å². The Morgan fingerprint density at radius 2 is 1.71 bits per heavy atom. The molecule has 0 saturated carbocycles. The third-order valence-electron chi connectivity index (χ3n) is 4.03. The van der Waals surface area contributed by atoms with Crippen molar-refractivity contribution in [2.75, 3.05) is 53.9 Å². The number of sulfonamides is 1. The number of benzene rings is 1. The summed E-state index contributed by atoms with van der Waals surface area (Å²) in [6, 6.07) is 6.80. The maximum Gasteiger partial charge on any atom is 0.242 e. The summed E-state index contributed by atoms with van der Waals surface area (Å²) in [5, 5.41) is 3.23. The molecule has 1 saturated heterocycles. The van der Waals surface area contributed by atoms with Gasteiger partial charge in [0.15, 0.2) is 0 Å². The first-order valence-electron chi connectivity index (χ1n) is 7.99. The Morgan fingerprint density at radius 3 is 2.25 bits per heavy atom. The number of hydrogen-bond donors (Lipinski definition) is 1. The molecule has 8 heteroatoms. The van der Waals surface area contributed by atoms with Crippen LogP contribution in [0.2, 0.25) is 0 Å². The van der Waals surface area contributed by atoms with Gasteiger partial charge in [0.2, 0.25) is 15.9 Å². The summed E-state index contributed by atoms with van der Waals surface area (Å²) >= 11 is 0. The predicted molar refractivity (Wildman–Crippen MR) is 93.1 cm³/mol. The quantitative estimate of drug-likeness (QED) is 0.766. The van der Waals surface area contributed by atoms with Crippen LogP contribution in [0.1, 0.15) is 5.56 Å². The van der Waals surface area contributed by atoms with E-state index >= 15 is 0 Å². The molecule has 0 unspecified atom stereocenters. The molecule has 134 valence electrons. The summed E-state index contributed by atoms with van der Waals surface area (Å²) in [5.41, 5.74) is 0.975. The van der Waals surface area contributed by atoms with E-state index in [9.17, 15) is 13.2 Å². The van der Waals surface area contributed by atoms with Crippen molar-refractivity contribution in [1.82, 2.24) is 19.4 Å². The van der Waals surface area contributed by atoms with Crippen LogP contribution >= 0.6 is 0 Å². The van der Waals surface area contributed by atoms with Crippen molar-refractivity contribution in [3.63, 3.8) is 0 Å². The van der Waals surface area contributed by atoms with Gasteiger partial charge in [-0.1, -0.05) is 12.1 Å². The fourth-order valence-electron chi connectivity index (χ4n) is 2.59. The molecule has 1 fully saturated rings. The van der Waals surface area contributed by atoms with Crippen molar-refractivity contribution in [3.05, 3.63) is 29.8 Å². The summed E-state index contributed by atoms with van der Waals surface area (Å²) in [6.45, 7) is 4.15. The molecule has 1 aliphatic heterocycles. The molecule has 2 rings (SSSR count). The standard InChI is InChI=1S/C16H26N4O3S/c1-18(2)24(22,23)15-6-4-14(5-7-15)12-19(3)13-16(21)20-10-8-17-9-11-20/h4-7,17H,8-13H2,1-3H3. The van der Waals surface area contributed by atoms with Crippen LogP contribution in [0.5, 0.6) is 0 Å². The molecule has 1 aromatic rings. The molecule has 0 bridgehead atoms. The van der Waals surface area contributed by atoms with Crippen LogP contribution in [0.25, 0.3) is 0 Å². The Labute approximate surface area is 144 Å². The molecule has 1 aliphatic rings. The van der Waals surface area contributed by atoms with E-state index in [1.807, 2.05) is 16.8 Å². The lowest BCUT2D eigenvalue weighted by Crippen LogP contribution is -2.49. The Morgan fingerprint density at radius 1 is 1.12 bits per heavy atom. The van der Waals surface area contributed by atoms with E-state index in [4.69, 9.17) is 0 Å². The van der Waals surface area contributed by atoms with Crippen LogP contribution in [0.3, 0.4) is 0 Å². The van der Waals surface area contributed by atoms with Crippen molar-refractivity contribution < 1.29 is 13.2 Å². The highest BCUT2D eigenvalue weighted by Crippen LogP contribution is 2.14. The first-order chi connectivity index (χ1) is 11.3. The molecular formula is C16H26N4O3S. The number of carbonyl (C=O) groups excluding carboxylic acids is 1. The summed E-state index contributed by atoms with van der Waals surface area (Å²) in [4.78, 5) is 16.3. The Balaban J connectivity index is 1.92. The van der Waals surface area contributed by atoms with E-state index in [0.29, 0.717) is 13.1 Å². The first kappa shape index (κ1) is 18.9. The molecule has 0 atom stereocenters. The van der Waals surface area contributed by atoms with Gasteiger partial charge in [-0.3, -0.25) is 9.69 Å². The minimum Gasteiger partial charge on any atom is -0.339 e. The Hall–Kier alpha value is -1.48. The second-order valence-electron chi connectivity index (χ2n) is 6.23. The smallest absolute Gasteiger partial charge is 0.242 e. The van der Waals surface area contributed by atoms with E-state index in [1.165, 1.54) is 18.4 Å². The lowest BCUT2D eigenvalue weighted by Gasteiger charge is -2.29. The second kappa shape index (κ2) is 8.06. The average Bonchev–Trinajstić information content (AvgIpc) is 2.56. The highest BCUT2D eigenvalue weighted by atomic mass is 32.2.